The van der Waals surface area contributed by atoms with Gasteiger partial charge in [0.1, 0.15) is 9.13 Å². The van der Waals surface area contributed by atoms with Gasteiger partial charge in [-0.15, -0.1) is 0 Å². The molecule has 1 radical (unpaired) electrons. The molecule has 0 aliphatic carbocycles. The van der Waals surface area contributed by atoms with Gasteiger partial charge < -0.3 is 4.74 Å². The van der Waals surface area contributed by atoms with Crippen molar-refractivity contribution in [1.29, 1.82) is 0 Å². The molecule has 0 fully saturated rings. The summed E-state index contributed by atoms with van der Waals surface area (Å²) in [5.74, 6) is 3.64. The van der Waals surface area contributed by atoms with Gasteiger partial charge in [0.15, 0.2) is 6.73 Å². The molecule has 0 aromatic carbocycles. The van der Waals surface area contributed by atoms with Crippen LogP contribution in [0, 0.1) is 0 Å². The molecule has 0 aromatic rings. The van der Waals surface area contributed by atoms with Gasteiger partial charge in [-0.05, 0) is 0 Å². The van der Waals surface area contributed by atoms with Gasteiger partial charge in [-0.1, -0.05) is 0 Å². The van der Waals surface area contributed by atoms with Crippen molar-refractivity contribution in [1.82, 2.24) is 0 Å². The molecule has 0 bridgehead atoms. The molecule has 0 atom stereocenters. The first-order valence-corrected chi connectivity index (χ1v) is 2.83. The van der Waals surface area contributed by atoms with Crippen LogP contribution < -0.4 is 0 Å². The van der Waals surface area contributed by atoms with Crippen LogP contribution in [0.4, 0.5) is 0 Å². The lowest BCUT2D eigenvalue weighted by Gasteiger charge is -1.94. The lowest BCUT2D eigenvalue weighted by molar-refractivity contribution is 0.340. The predicted molar refractivity (Wildman–Crippen MR) is 26.3 cm³/mol. The maximum atomic E-state index is 4.76. The van der Waals surface area contributed by atoms with Gasteiger partial charge in [0.05, 0.1) is 5.86 Å². The van der Waals surface area contributed by atoms with Gasteiger partial charge in [0.25, 0.3) is 0 Å². The van der Waals surface area contributed by atoms with Crippen LogP contribution in [-0.2, 0) is 4.74 Å². The first-order valence-electron chi connectivity index (χ1n) is 1.68. The summed E-state index contributed by atoms with van der Waals surface area (Å²) >= 11 is 0. The molecule has 0 saturated carbocycles. The lowest BCUT2D eigenvalue weighted by Crippen LogP contribution is -2.00. The van der Waals surface area contributed by atoms with Gasteiger partial charge in [-0.2, -0.15) is 0 Å². The number of nitrogens with zero attached hydrogens (tertiary/aromatic N) is 1. The van der Waals surface area contributed by atoms with Crippen molar-refractivity contribution in [3.63, 3.8) is 0 Å². The number of aliphatic imine (C=N–C) groups is 1. The third kappa shape index (κ3) is 0.753. The summed E-state index contributed by atoms with van der Waals surface area (Å²) in [6.07, 6.45) is 0. The van der Waals surface area contributed by atoms with E-state index >= 15 is 0 Å². The molecule has 3 heteroatoms. The summed E-state index contributed by atoms with van der Waals surface area (Å²) in [6, 6.07) is 0. The molecule has 0 aromatic heterocycles. The average molecular weight is 98.2 g/mol. The van der Waals surface area contributed by atoms with E-state index in [0.717, 1.165) is 0 Å². The van der Waals surface area contributed by atoms with Crippen LogP contribution in [-0.4, -0.2) is 27.6 Å². The minimum atomic E-state index is 0.521. The second-order valence-corrected chi connectivity index (χ2v) is 1.72. The molecule has 1 aliphatic heterocycles. The summed E-state index contributed by atoms with van der Waals surface area (Å²) in [6.45, 7) is 0.521. The standard InChI is InChI=1S/C3H4NOSi/c1-4-2-6-3-5-1/h2-3H,1H2. The number of rotatable bonds is 0. The highest BCUT2D eigenvalue weighted by Crippen LogP contribution is 1.69. The van der Waals surface area contributed by atoms with Crippen molar-refractivity contribution in [2.75, 3.05) is 6.73 Å². The number of hydrogen-bond acceptors (Lipinski definition) is 2. The minimum absolute atomic E-state index is 0.521. The Bertz CT molecular complexity index is 76.8. The van der Waals surface area contributed by atoms with Crippen LogP contribution in [0.3, 0.4) is 0 Å². The highest BCUT2D eigenvalue weighted by atomic mass is 28.2. The molecule has 31 valence electrons. The van der Waals surface area contributed by atoms with Crippen molar-refractivity contribution in [3.05, 3.63) is 0 Å². The third-order valence-corrected chi connectivity index (χ3v) is 1.10. The number of ether oxygens (including phenoxy) is 1. The Balaban J connectivity index is 2.46. The summed E-state index contributed by atoms with van der Waals surface area (Å²) in [5.41, 5.74) is 0. The quantitative estimate of drug-likeness (QED) is 0.373. The summed E-state index contributed by atoms with van der Waals surface area (Å²) in [5, 5.41) is 0. The summed E-state index contributed by atoms with van der Waals surface area (Å²) < 4.78 is 4.76. The zero-order valence-electron chi connectivity index (χ0n) is 3.22. The van der Waals surface area contributed by atoms with E-state index < -0.39 is 0 Å². The van der Waals surface area contributed by atoms with E-state index in [-0.39, 0.29) is 0 Å². The van der Waals surface area contributed by atoms with Crippen molar-refractivity contribution < 1.29 is 4.74 Å². The summed E-state index contributed by atoms with van der Waals surface area (Å²) in [4.78, 5) is 3.81. The van der Waals surface area contributed by atoms with E-state index in [1.165, 1.54) is 0 Å². The Morgan fingerprint density at radius 3 is 3.00 bits per heavy atom. The Morgan fingerprint density at radius 1 is 1.83 bits per heavy atom. The van der Waals surface area contributed by atoms with Crippen molar-refractivity contribution in [3.8, 4) is 0 Å². The molecular weight excluding hydrogens is 94.1 g/mol. The molecule has 1 aliphatic rings. The molecular formula is C3H4NOSi. The molecule has 0 N–H and O–H groups in total. The second-order valence-electron chi connectivity index (χ2n) is 0.892. The van der Waals surface area contributed by atoms with E-state index in [1.54, 1.807) is 5.86 Å². The normalized spacial score (nSPS) is 17.3. The molecule has 0 saturated heterocycles. The highest BCUT2D eigenvalue weighted by molar-refractivity contribution is 6.72. The van der Waals surface area contributed by atoms with Crippen LogP contribution >= 0.6 is 0 Å². The average Bonchev–Trinajstić information content (AvgIpc) is 1.72. The third-order valence-electron chi connectivity index (χ3n) is 0.466. The van der Waals surface area contributed by atoms with Crippen molar-refractivity contribution >= 4 is 20.8 Å². The Labute approximate surface area is 38.3 Å². The lowest BCUT2D eigenvalue weighted by atomic mass is 11.2. The van der Waals surface area contributed by atoms with Crippen molar-refractivity contribution in [2.24, 2.45) is 4.99 Å². The molecule has 1 rings (SSSR count). The van der Waals surface area contributed by atoms with Crippen LogP contribution in [0.2, 0.25) is 0 Å². The fraction of sp³-hybridized carbons (Fsp3) is 0.333. The molecule has 6 heavy (non-hydrogen) atoms. The van der Waals surface area contributed by atoms with Gasteiger partial charge in [-0.25, -0.2) is 0 Å². The number of hydrogen-bond donors (Lipinski definition) is 0. The van der Waals surface area contributed by atoms with E-state index in [4.69, 9.17) is 4.74 Å². The zero-order valence-corrected chi connectivity index (χ0v) is 4.22. The van der Waals surface area contributed by atoms with Gasteiger partial charge >= 0.3 is 0 Å². The van der Waals surface area contributed by atoms with Gasteiger partial charge in [-0.3, -0.25) is 4.99 Å². The zero-order chi connectivity index (χ0) is 4.24. The predicted octanol–water partition coefficient (Wildman–Crippen LogP) is -0.534. The molecule has 2 nitrogen and oxygen atoms in total. The van der Waals surface area contributed by atoms with E-state index in [1.807, 2.05) is 5.84 Å². The molecule has 0 spiro atoms. The van der Waals surface area contributed by atoms with Gasteiger partial charge in [0, 0.05) is 5.84 Å². The van der Waals surface area contributed by atoms with Crippen LogP contribution in [0.15, 0.2) is 4.99 Å². The Hall–Kier alpha value is -0.443. The van der Waals surface area contributed by atoms with Crippen LogP contribution in [0.25, 0.3) is 0 Å². The summed E-state index contributed by atoms with van der Waals surface area (Å²) in [7, 11) is 0.663. The topological polar surface area (TPSA) is 21.6 Å². The fourth-order valence-corrected chi connectivity index (χ4v) is 0.660. The SMILES string of the molecule is C1=NCOC=[Si]1. The fourth-order valence-electron chi connectivity index (χ4n) is 0.249. The Kier molecular flexibility index (Phi) is 1.16. The molecule has 0 amide bonds. The van der Waals surface area contributed by atoms with E-state index in [0.29, 0.717) is 15.9 Å². The van der Waals surface area contributed by atoms with Crippen LogP contribution in [0.5, 0.6) is 0 Å². The van der Waals surface area contributed by atoms with Gasteiger partial charge in [0.2, 0.25) is 0 Å². The smallest absolute Gasteiger partial charge is 0.177 e. The minimum Gasteiger partial charge on any atom is -0.484 e. The van der Waals surface area contributed by atoms with E-state index in [9.17, 15) is 0 Å². The first kappa shape index (κ1) is 3.74. The molecule has 0 unspecified atom stereocenters. The monoisotopic (exact) mass is 98.0 g/mol. The maximum absolute atomic E-state index is 4.76. The van der Waals surface area contributed by atoms with Crippen LogP contribution in [0.1, 0.15) is 0 Å². The highest BCUT2D eigenvalue weighted by Gasteiger charge is 1.77. The largest absolute Gasteiger partial charge is 0.484 e. The molecule has 1 heterocycles. The van der Waals surface area contributed by atoms with Crippen molar-refractivity contribution in [2.45, 2.75) is 0 Å². The van der Waals surface area contributed by atoms with E-state index in [2.05, 4.69) is 4.99 Å². The first-order chi connectivity index (χ1) is 3.00. The second kappa shape index (κ2) is 1.87. The Morgan fingerprint density at radius 2 is 2.83 bits per heavy atom. The maximum Gasteiger partial charge on any atom is 0.177 e.